The Hall–Kier alpha value is -3.05. The average molecular weight is 367 g/mol. The van der Waals surface area contributed by atoms with Crippen molar-refractivity contribution in [2.45, 2.75) is 13.0 Å². The van der Waals surface area contributed by atoms with E-state index in [1.165, 1.54) is 5.56 Å². The summed E-state index contributed by atoms with van der Waals surface area (Å²) < 4.78 is 0. The van der Waals surface area contributed by atoms with Crippen LogP contribution in [0.25, 0.3) is 22.3 Å². The fourth-order valence-corrected chi connectivity index (χ4v) is 2.88. The maximum atomic E-state index is 9.45. The standard InChI is InChI=1S/C20H18N4O.ClH/c1-13(14-5-3-2-4-6-14)23-19-17-11-18(24-20(17)22-12-21-19)15-7-9-16(25)10-8-15;/h2-13,25H,1H3,(H2,21,22,23,24);1H. The van der Waals surface area contributed by atoms with E-state index in [0.717, 1.165) is 28.1 Å². The Bertz CT molecular complexity index is 999. The van der Waals surface area contributed by atoms with Crippen LogP contribution in [0.2, 0.25) is 0 Å². The third-order valence-corrected chi connectivity index (χ3v) is 4.26. The van der Waals surface area contributed by atoms with Gasteiger partial charge in [0.1, 0.15) is 23.5 Å². The summed E-state index contributed by atoms with van der Waals surface area (Å²) in [5.74, 6) is 1.04. The molecule has 2 aromatic carbocycles. The van der Waals surface area contributed by atoms with Crippen molar-refractivity contribution in [2.24, 2.45) is 0 Å². The van der Waals surface area contributed by atoms with E-state index in [2.05, 4.69) is 39.3 Å². The van der Waals surface area contributed by atoms with Gasteiger partial charge in [-0.15, -0.1) is 12.4 Å². The molecule has 6 heteroatoms. The van der Waals surface area contributed by atoms with E-state index >= 15 is 0 Å². The fourth-order valence-electron chi connectivity index (χ4n) is 2.88. The Labute approximate surface area is 157 Å². The van der Waals surface area contributed by atoms with Gasteiger partial charge in [-0.2, -0.15) is 0 Å². The second-order valence-corrected chi connectivity index (χ2v) is 5.99. The summed E-state index contributed by atoms with van der Waals surface area (Å²) in [5, 5.41) is 13.9. The van der Waals surface area contributed by atoms with Crippen LogP contribution in [0, 0.1) is 0 Å². The summed E-state index contributed by atoms with van der Waals surface area (Å²) in [4.78, 5) is 12.1. The lowest BCUT2D eigenvalue weighted by Gasteiger charge is -2.15. The molecule has 0 saturated carbocycles. The molecule has 0 spiro atoms. The van der Waals surface area contributed by atoms with Crippen LogP contribution in [-0.4, -0.2) is 20.1 Å². The van der Waals surface area contributed by atoms with Crippen LogP contribution in [0.1, 0.15) is 18.5 Å². The third-order valence-electron chi connectivity index (χ3n) is 4.26. The number of aromatic amines is 1. The number of aromatic nitrogens is 3. The molecular weight excluding hydrogens is 348 g/mol. The van der Waals surface area contributed by atoms with E-state index in [-0.39, 0.29) is 24.2 Å². The highest BCUT2D eigenvalue weighted by Crippen LogP contribution is 2.29. The average Bonchev–Trinajstić information content (AvgIpc) is 3.08. The number of anilines is 1. The van der Waals surface area contributed by atoms with Gasteiger partial charge in [-0.1, -0.05) is 30.3 Å². The molecule has 2 heterocycles. The number of fused-ring (bicyclic) bond motifs is 1. The molecule has 2 aromatic heterocycles. The summed E-state index contributed by atoms with van der Waals surface area (Å²) in [5.41, 5.74) is 3.90. The van der Waals surface area contributed by atoms with Gasteiger partial charge in [0.05, 0.1) is 5.39 Å². The molecule has 0 radical (unpaired) electrons. The first-order valence-corrected chi connectivity index (χ1v) is 8.15. The van der Waals surface area contributed by atoms with Crippen molar-refractivity contribution in [2.75, 3.05) is 5.32 Å². The van der Waals surface area contributed by atoms with E-state index < -0.39 is 0 Å². The summed E-state index contributed by atoms with van der Waals surface area (Å²) in [7, 11) is 0. The van der Waals surface area contributed by atoms with Crippen molar-refractivity contribution < 1.29 is 5.11 Å². The molecule has 1 unspecified atom stereocenters. The van der Waals surface area contributed by atoms with Crippen LogP contribution in [0.3, 0.4) is 0 Å². The molecule has 0 aliphatic heterocycles. The maximum Gasteiger partial charge on any atom is 0.143 e. The first kappa shape index (κ1) is 17.8. The number of hydrogen-bond donors (Lipinski definition) is 3. The number of halogens is 1. The topological polar surface area (TPSA) is 73.8 Å². The smallest absolute Gasteiger partial charge is 0.143 e. The van der Waals surface area contributed by atoms with Crippen LogP contribution in [-0.2, 0) is 0 Å². The number of rotatable bonds is 4. The van der Waals surface area contributed by atoms with Crippen LogP contribution in [0.15, 0.2) is 67.0 Å². The van der Waals surface area contributed by atoms with E-state index in [0.29, 0.717) is 0 Å². The SMILES string of the molecule is CC(Nc1ncnc2[nH]c(-c3ccc(O)cc3)cc12)c1ccccc1.Cl. The molecule has 0 aliphatic carbocycles. The van der Waals surface area contributed by atoms with Crippen molar-refractivity contribution in [3.8, 4) is 17.0 Å². The van der Waals surface area contributed by atoms with E-state index in [1.807, 2.05) is 36.4 Å². The zero-order valence-corrected chi connectivity index (χ0v) is 15.0. The van der Waals surface area contributed by atoms with Crippen LogP contribution in [0.5, 0.6) is 5.75 Å². The van der Waals surface area contributed by atoms with Gasteiger partial charge >= 0.3 is 0 Å². The fraction of sp³-hybridized carbons (Fsp3) is 0.100. The Morgan fingerprint density at radius 1 is 1.00 bits per heavy atom. The summed E-state index contributed by atoms with van der Waals surface area (Å²) in [6, 6.07) is 19.5. The zero-order chi connectivity index (χ0) is 17.2. The maximum absolute atomic E-state index is 9.45. The molecule has 0 fully saturated rings. The van der Waals surface area contributed by atoms with Crippen molar-refractivity contribution >= 4 is 29.3 Å². The van der Waals surface area contributed by atoms with Crippen molar-refractivity contribution in [1.82, 2.24) is 15.0 Å². The normalized spacial score (nSPS) is 11.7. The van der Waals surface area contributed by atoms with Gasteiger partial charge in [-0.3, -0.25) is 0 Å². The number of nitrogens with zero attached hydrogens (tertiary/aromatic N) is 2. The number of benzene rings is 2. The van der Waals surface area contributed by atoms with Gasteiger partial charge in [0.2, 0.25) is 0 Å². The van der Waals surface area contributed by atoms with Gasteiger partial charge in [0, 0.05) is 11.7 Å². The first-order chi connectivity index (χ1) is 12.2. The second kappa shape index (κ2) is 7.45. The van der Waals surface area contributed by atoms with Crippen molar-refractivity contribution in [1.29, 1.82) is 0 Å². The minimum absolute atomic E-state index is 0. The predicted octanol–water partition coefficient (Wildman–Crippen LogP) is 4.93. The summed E-state index contributed by atoms with van der Waals surface area (Å²) in [6.07, 6.45) is 1.56. The molecule has 4 rings (SSSR count). The lowest BCUT2D eigenvalue weighted by Crippen LogP contribution is -2.08. The molecule has 4 aromatic rings. The summed E-state index contributed by atoms with van der Waals surface area (Å²) in [6.45, 7) is 2.11. The highest BCUT2D eigenvalue weighted by molar-refractivity contribution is 5.91. The highest BCUT2D eigenvalue weighted by Gasteiger charge is 2.12. The Kier molecular flexibility index (Phi) is 5.09. The summed E-state index contributed by atoms with van der Waals surface area (Å²) >= 11 is 0. The number of aromatic hydroxyl groups is 1. The molecular formula is C20H19ClN4O. The molecule has 0 bridgehead atoms. The Morgan fingerprint density at radius 2 is 1.73 bits per heavy atom. The van der Waals surface area contributed by atoms with Crippen molar-refractivity contribution in [3.05, 3.63) is 72.6 Å². The van der Waals surface area contributed by atoms with E-state index in [1.54, 1.807) is 18.5 Å². The number of hydrogen-bond acceptors (Lipinski definition) is 4. The second-order valence-electron chi connectivity index (χ2n) is 5.99. The Morgan fingerprint density at radius 3 is 2.46 bits per heavy atom. The van der Waals surface area contributed by atoms with E-state index in [4.69, 9.17) is 0 Å². The monoisotopic (exact) mass is 366 g/mol. The molecule has 0 aliphatic rings. The minimum Gasteiger partial charge on any atom is -0.508 e. The predicted molar refractivity (Wildman–Crippen MR) is 107 cm³/mol. The lowest BCUT2D eigenvalue weighted by atomic mass is 10.1. The number of H-pyrrole nitrogens is 1. The lowest BCUT2D eigenvalue weighted by molar-refractivity contribution is 0.475. The van der Waals surface area contributed by atoms with Crippen LogP contribution >= 0.6 is 12.4 Å². The van der Waals surface area contributed by atoms with Crippen molar-refractivity contribution in [3.63, 3.8) is 0 Å². The van der Waals surface area contributed by atoms with Crippen LogP contribution in [0.4, 0.5) is 5.82 Å². The minimum atomic E-state index is 0. The molecule has 5 nitrogen and oxygen atoms in total. The Balaban J connectivity index is 0.00000196. The molecule has 1 atom stereocenters. The van der Waals surface area contributed by atoms with Gasteiger partial charge in [-0.25, -0.2) is 9.97 Å². The zero-order valence-electron chi connectivity index (χ0n) is 14.2. The third kappa shape index (κ3) is 3.48. The van der Waals surface area contributed by atoms with Gasteiger partial charge < -0.3 is 15.4 Å². The van der Waals surface area contributed by atoms with Gasteiger partial charge in [-0.05, 0) is 48.4 Å². The molecule has 0 saturated heterocycles. The van der Waals surface area contributed by atoms with Gasteiger partial charge in [0.25, 0.3) is 0 Å². The van der Waals surface area contributed by atoms with Gasteiger partial charge in [0.15, 0.2) is 0 Å². The van der Waals surface area contributed by atoms with Crippen LogP contribution < -0.4 is 5.32 Å². The number of phenols is 1. The number of nitrogens with one attached hydrogen (secondary N) is 2. The largest absolute Gasteiger partial charge is 0.508 e. The molecule has 0 amide bonds. The first-order valence-electron chi connectivity index (χ1n) is 8.15. The molecule has 3 N–H and O–H groups in total. The highest BCUT2D eigenvalue weighted by atomic mass is 35.5. The quantitative estimate of drug-likeness (QED) is 0.479. The molecule has 26 heavy (non-hydrogen) atoms. The molecule has 132 valence electrons. The number of phenolic OH excluding ortho intramolecular Hbond substituents is 1. The van der Waals surface area contributed by atoms with E-state index in [9.17, 15) is 5.11 Å².